The molecule has 0 fully saturated rings. The molecule has 1 aromatic heterocycles. The third-order valence-electron chi connectivity index (χ3n) is 4.62. The second-order valence-corrected chi connectivity index (χ2v) is 8.26. The third-order valence-corrected chi connectivity index (χ3v) is 5.66. The van der Waals surface area contributed by atoms with Gasteiger partial charge in [-0.1, -0.05) is 23.5 Å². The van der Waals surface area contributed by atoms with E-state index in [1.165, 1.54) is 29.5 Å². The molecule has 0 bridgehead atoms. The Morgan fingerprint density at radius 2 is 1.90 bits per heavy atom. The number of hydrogen-bond donors (Lipinski definition) is 0. The van der Waals surface area contributed by atoms with Gasteiger partial charge in [0, 0.05) is 24.8 Å². The average molecular weight is 425 g/mol. The van der Waals surface area contributed by atoms with Crippen LogP contribution in [0.1, 0.15) is 17.5 Å². The van der Waals surface area contributed by atoms with E-state index in [0.717, 1.165) is 34.3 Å². The number of non-ortho nitro benzene ring substituents is 1. The highest BCUT2D eigenvalue weighted by atomic mass is 32.1. The summed E-state index contributed by atoms with van der Waals surface area (Å²) in [5.74, 6) is -0.163. The molecule has 0 spiro atoms. The first-order valence-corrected chi connectivity index (χ1v) is 10.4. The van der Waals surface area contributed by atoms with Gasteiger partial charge in [-0.3, -0.25) is 19.8 Å². The van der Waals surface area contributed by atoms with E-state index in [1.807, 2.05) is 39.2 Å². The van der Waals surface area contributed by atoms with E-state index in [1.54, 1.807) is 23.1 Å². The number of rotatable bonds is 8. The molecule has 0 aliphatic rings. The fraction of sp³-hybridized carbons (Fsp3) is 0.273. The molecule has 7 nitrogen and oxygen atoms in total. The third kappa shape index (κ3) is 5.28. The monoisotopic (exact) mass is 424 g/mol. The van der Waals surface area contributed by atoms with Crippen molar-refractivity contribution in [2.75, 3.05) is 32.1 Å². The zero-order valence-electron chi connectivity index (χ0n) is 17.2. The van der Waals surface area contributed by atoms with Gasteiger partial charge in [0.25, 0.3) is 11.6 Å². The minimum absolute atomic E-state index is 0.0219. The molecule has 0 aliphatic carbocycles. The molecule has 0 N–H and O–H groups in total. The summed E-state index contributed by atoms with van der Waals surface area (Å²) in [6.07, 6.45) is 3.98. The van der Waals surface area contributed by atoms with E-state index in [2.05, 4.69) is 4.90 Å². The summed E-state index contributed by atoms with van der Waals surface area (Å²) in [6.45, 7) is 3.43. The van der Waals surface area contributed by atoms with E-state index in [-0.39, 0.29) is 11.6 Å². The SMILES string of the molecule is Cc1cccc2sc(N(CCCN(C)C)C(=O)/C=C/c3ccc([N+](=O)[O-])cc3)nc12. The maximum absolute atomic E-state index is 13.0. The molecule has 0 unspecified atom stereocenters. The first kappa shape index (κ1) is 21.6. The van der Waals surface area contributed by atoms with Gasteiger partial charge in [0.15, 0.2) is 5.13 Å². The number of aromatic nitrogens is 1. The van der Waals surface area contributed by atoms with Gasteiger partial charge < -0.3 is 4.90 Å². The van der Waals surface area contributed by atoms with Crippen LogP contribution in [0, 0.1) is 17.0 Å². The molecule has 3 aromatic rings. The van der Waals surface area contributed by atoms with Crippen LogP contribution < -0.4 is 4.90 Å². The van der Waals surface area contributed by atoms with Crippen molar-refractivity contribution in [1.82, 2.24) is 9.88 Å². The molecule has 30 heavy (non-hydrogen) atoms. The highest BCUT2D eigenvalue weighted by molar-refractivity contribution is 7.22. The predicted molar refractivity (Wildman–Crippen MR) is 122 cm³/mol. The standard InChI is InChI=1S/C22H24N4O3S/c1-16-6-4-7-19-21(16)23-22(30-19)25(15-5-14-24(2)3)20(27)13-10-17-8-11-18(12-9-17)26(28)29/h4,6-13H,5,14-15H2,1-3H3/b13-10+. The number of fused-ring (bicyclic) bond motifs is 1. The molecule has 1 amide bonds. The smallest absolute Gasteiger partial charge is 0.269 e. The lowest BCUT2D eigenvalue weighted by Crippen LogP contribution is -2.32. The topological polar surface area (TPSA) is 79.6 Å². The van der Waals surface area contributed by atoms with E-state index in [0.29, 0.717) is 11.7 Å². The van der Waals surface area contributed by atoms with Crippen molar-refractivity contribution >= 4 is 44.4 Å². The highest BCUT2D eigenvalue weighted by Crippen LogP contribution is 2.31. The van der Waals surface area contributed by atoms with Crippen molar-refractivity contribution in [1.29, 1.82) is 0 Å². The largest absolute Gasteiger partial charge is 0.309 e. The lowest BCUT2D eigenvalue weighted by molar-refractivity contribution is -0.384. The number of anilines is 1. The Kier molecular flexibility index (Phi) is 6.91. The summed E-state index contributed by atoms with van der Waals surface area (Å²) in [4.78, 5) is 31.9. The van der Waals surface area contributed by atoms with Crippen LogP contribution in [0.2, 0.25) is 0 Å². The van der Waals surface area contributed by atoms with Crippen LogP contribution in [-0.4, -0.2) is 47.9 Å². The number of amides is 1. The van der Waals surface area contributed by atoms with Gasteiger partial charge in [0.2, 0.25) is 0 Å². The summed E-state index contributed by atoms with van der Waals surface area (Å²) in [5.41, 5.74) is 2.75. The summed E-state index contributed by atoms with van der Waals surface area (Å²) in [6, 6.07) is 12.1. The van der Waals surface area contributed by atoms with Crippen molar-refractivity contribution in [3.05, 3.63) is 69.8 Å². The number of carbonyl (C=O) groups is 1. The highest BCUT2D eigenvalue weighted by Gasteiger charge is 2.18. The van der Waals surface area contributed by atoms with E-state index >= 15 is 0 Å². The van der Waals surface area contributed by atoms with E-state index < -0.39 is 4.92 Å². The van der Waals surface area contributed by atoms with Crippen LogP contribution in [0.25, 0.3) is 16.3 Å². The normalized spacial score (nSPS) is 11.5. The van der Waals surface area contributed by atoms with Gasteiger partial charge in [0.1, 0.15) is 0 Å². The fourth-order valence-electron chi connectivity index (χ4n) is 3.00. The van der Waals surface area contributed by atoms with Crippen LogP contribution >= 0.6 is 11.3 Å². The molecule has 0 saturated carbocycles. The second kappa shape index (κ2) is 9.60. The van der Waals surface area contributed by atoms with Crippen LogP contribution in [0.5, 0.6) is 0 Å². The van der Waals surface area contributed by atoms with Crippen LogP contribution in [0.3, 0.4) is 0 Å². The van der Waals surface area contributed by atoms with Gasteiger partial charge in [-0.25, -0.2) is 4.98 Å². The minimum atomic E-state index is -0.444. The zero-order valence-corrected chi connectivity index (χ0v) is 18.1. The number of nitrogens with zero attached hydrogens (tertiary/aromatic N) is 4. The van der Waals surface area contributed by atoms with Gasteiger partial charge in [-0.2, -0.15) is 0 Å². The maximum Gasteiger partial charge on any atom is 0.269 e. The van der Waals surface area contributed by atoms with E-state index in [9.17, 15) is 14.9 Å². The van der Waals surface area contributed by atoms with Crippen LogP contribution in [0.15, 0.2) is 48.5 Å². The first-order valence-electron chi connectivity index (χ1n) is 9.60. The number of carbonyl (C=O) groups excluding carboxylic acids is 1. The number of hydrogen-bond acceptors (Lipinski definition) is 6. The molecular weight excluding hydrogens is 400 g/mol. The molecule has 3 rings (SSSR count). The van der Waals surface area contributed by atoms with Gasteiger partial charge >= 0.3 is 0 Å². The first-order chi connectivity index (χ1) is 14.3. The number of nitro benzene ring substituents is 1. The maximum atomic E-state index is 13.0. The summed E-state index contributed by atoms with van der Waals surface area (Å²) >= 11 is 1.51. The Morgan fingerprint density at radius 1 is 1.17 bits per heavy atom. The Bertz CT molecular complexity index is 1070. The Morgan fingerprint density at radius 3 is 2.53 bits per heavy atom. The van der Waals surface area contributed by atoms with E-state index in [4.69, 9.17) is 4.98 Å². The molecule has 1 heterocycles. The number of para-hydroxylation sites is 1. The lowest BCUT2D eigenvalue weighted by atomic mass is 10.2. The van der Waals surface area contributed by atoms with Crippen molar-refractivity contribution in [2.24, 2.45) is 0 Å². The number of benzene rings is 2. The van der Waals surface area contributed by atoms with Gasteiger partial charge in [-0.15, -0.1) is 0 Å². The zero-order chi connectivity index (χ0) is 21.7. The number of thiazole rings is 1. The van der Waals surface area contributed by atoms with Crippen LogP contribution in [-0.2, 0) is 4.79 Å². The molecular formula is C22H24N4O3S. The Labute approximate surface area is 179 Å². The van der Waals surface area contributed by atoms with Crippen molar-refractivity contribution in [3.8, 4) is 0 Å². The average Bonchev–Trinajstić information content (AvgIpc) is 3.15. The van der Waals surface area contributed by atoms with Gasteiger partial charge in [-0.05, 0) is 69.4 Å². The predicted octanol–water partition coefficient (Wildman–Crippen LogP) is 4.51. The fourth-order valence-corrected chi connectivity index (χ4v) is 4.07. The number of aryl methyl sites for hydroxylation is 1. The van der Waals surface area contributed by atoms with Crippen molar-refractivity contribution < 1.29 is 9.72 Å². The van der Waals surface area contributed by atoms with Gasteiger partial charge in [0.05, 0.1) is 15.1 Å². The molecule has 0 radical (unpaired) electrons. The molecule has 8 heteroatoms. The minimum Gasteiger partial charge on any atom is -0.309 e. The Hall–Kier alpha value is -3.10. The summed E-state index contributed by atoms with van der Waals surface area (Å²) < 4.78 is 1.05. The summed E-state index contributed by atoms with van der Waals surface area (Å²) in [7, 11) is 4.00. The van der Waals surface area contributed by atoms with Crippen molar-refractivity contribution in [2.45, 2.75) is 13.3 Å². The van der Waals surface area contributed by atoms with Crippen LogP contribution in [0.4, 0.5) is 10.8 Å². The Balaban J connectivity index is 1.83. The second-order valence-electron chi connectivity index (χ2n) is 7.25. The summed E-state index contributed by atoms with van der Waals surface area (Å²) in [5, 5.41) is 11.5. The number of nitro groups is 1. The molecule has 0 saturated heterocycles. The lowest BCUT2D eigenvalue weighted by Gasteiger charge is -2.19. The molecule has 0 atom stereocenters. The molecule has 0 aliphatic heterocycles. The van der Waals surface area contributed by atoms with Crippen molar-refractivity contribution in [3.63, 3.8) is 0 Å². The molecule has 156 valence electrons. The molecule has 2 aromatic carbocycles. The quantitative estimate of drug-likeness (QED) is 0.302.